The molecule has 0 saturated carbocycles. The Hall–Kier alpha value is -2.22. The van der Waals surface area contributed by atoms with E-state index in [2.05, 4.69) is 25.4 Å². The van der Waals surface area contributed by atoms with E-state index in [1.807, 2.05) is 6.92 Å². The number of carbonyl (C=O) groups is 1. The average molecular weight is 325 g/mol. The van der Waals surface area contributed by atoms with Gasteiger partial charge in [0.05, 0.1) is 12.6 Å². The lowest BCUT2D eigenvalue weighted by Crippen LogP contribution is -2.29. The van der Waals surface area contributed by atoms with Crippen LogP contribution in [0.15, 0.2) is 18.7 Å². The van der Waals surface area contributed by atoms with Crippen LogP contribution in [0.4, 0.5) is 4.79 Å². The molecule has 0 aliphatic rings. The van der Waals surface area contributed by atoms with Crippen molar-refractivity contribution in [3.8, 4) is 5.82 Å². The van der Waals surface area contributed by atoms with Crippen LogP contribution in [0.2, 0.25) is 5.15 Å². The molecule has 2 rings (SSSR count). The lowest BCUT2D eigenvalue weighted by molar-refractivity contribution is 0.141. The van der Waals surface area contributed by atoms with Crippen molar-refractivity contribution in [1.29, 1.82) is 0 Å². The van der Waals surface area contributed by atoms with Gasteiger partial charge < -0.3 is 10.1 Å². The highest BCUT2D eigenvalue weighted by molar-refractivity contribution is 6.29. The highest BCUT2D eigenvalue weighted by Gasteiger charge is 2.18. The second kappa shape index (κ2) is 7.69. The van der Waals surface area contributed by atoms with Crippen LogP contribution in [-0.4, -0.2) is 37.4 Å². The maximum atomic E-state index is 11.7. The van der Waals surface area contributed by atoms with Crippen molar-refractivity contribution < 1.29 is 9.53 Å². The average Bonchev–Trinajstić information content (AvgIpc) is 2.97. The molecule has 0 radical (unpaired) electrons. The molecule has 118 valence electrons. The predicted molar refractivity (Wildman–Crippen MR) is 79.8 cm³/mol. The number of unbranched alkanes of at least 4 members (excludes halogenated alkanes) is 1. The third-order valence-corrected chi connectivity index (χ3v) is 3.07. The van der Waals surface area contributed by atoms with E-state index < -0.39 is 12.1 Å². The Morgan fingerprint density at radius 2 is 2.23 bits per heavy atom. The molecule has 1 amide bonds. The van der Waals surface area contributed by atoms with Crippen LogP contribution in [0, 0.1) is 0 Å². The molecule has 8 nitrogen and oxygen atoms in total. The van der Waals surface area contributed by atoms with Gasteiger partial charge in [-0.05, 0) is 13.3 Å². The summed E-state index contributed by atoms with van der Waals surface area (Å²) in [7, 11) is 0. The molecular weight excluding hydrogens is 308 g/mol. The highest BCUT2D eigenvalue weighted by Crippen LogP contribution is 2.15. The van der Waals surface area contributed by atoms with E-state index in [-0.39, 0.29) is 0 Å². The van der Waals surface area contributed by atoms with Crippen molar-refractivity contribution in [3.05, 3.63) is 29.7 Å². The number of carbonyl (C=O) groups excluding carboxylic acids is 1. The molecule has 0 fully saturated rings. The number of ether oxygens (including phenoxy) is 1. The molecule has 2 heterocycles. The topological polar surface area (TPSA) is 94.8 Å². The summed E-state index contributed by atoms with van der Waals surface area (Å²) >= 11 is 5.85. The lowest BCUT2D eigenvalue weighted by atomic mass is 10.3. The first-order valence-electron chi connectivity index (χ1n) is 6.93. The fraction of sp³-hybridized carbons (Fsp3) is 0.462. The van der Waals surface area contributed by atoms with Gasteiger partial charge in [-0.1, -0.05) is 24.9 Å². The zero-order chi connectivity index (χ0) is 15.9. The number of amides is 1. The summed E-state index contributed by atoms with van der Waals surface area (Å²) in [6, 6.07) is 1.16. The van der Waals surface area contributed by atoms with Gasteiger partial charge in [-0.2, -0.15) is 9.78 Å². The minimum Gasteiger partial charge on any atom is -0.450 e. The SMILES string of the molecule is CCCCOC(=O)N[C@@H](C)c1ncnn1-c1cc(Cl)ncn1. The number of halogens is 1. The molecule has 0 aromatic carbocycles. The molecule has 0 bridgehead atoms. The molecule has 2 aromatic heterocycles. The van der Waals surface area contributed by atoms with Crippen LogP contribution in [0.3, 0.4) is 0 Å². The largest absolute Gasteiger partial charge is 0.450 e. The van der Waals surface area contributed by atoms with Crippen LogP contribution in [0.25, 0.3) is 5.82 Å². The Kier molecular flexibility index (Phi) is 5.65. The molecule has 1 N–H and O–H groups in total. The maximum Gasteiger partial charge on any atom is 0.407 e. The summed E-state index contributed by atoms with van der Waals surface area (Å²) < 4.78 is 6.55. The molecule has 22 heavy (non-hydrogen) atoms. The first kappa shape index (κ1) is 16.2. The van der Waals surface area contributed by atoms with Crippen molar-refractivity contribution in [2.75, 3.05) is 6.61 Å². The van der Waals surface area contributed by atoms with Crippen molar-refractivity contribution in [3.63, 3.8) is 0 Å². The van der Waals surface area contributed by atoms with Crippen LogP contribution < -0.4 is 5.32 Å². The van der Waals surface area contributed by atoms with E-state index in [1.54, 1.807) is 13.0 Å². The standard InChI is InChI=1S/C13H17ClN6O2/c1-3-4-5-22-13(21)19-9(2)12-17-8-18-20(12)11-6-10(14)15-7-16-11/h6-9H,3-5H2,1-2H3,(H,19,21)/t9-/m0/s1. The molecule has 0 aliphatic heterocycles. The molecule has 0 spiro atoms. The van der Waals surface area contributed by atoms with E-state index in [9.17, 15) is 4.79 Å². The molecular formula is C13H17ClN6O2. The number of alkyl carbamates (subject to hydrolysis) is 1. The summed E-state index contributed by atoms with van der Waals surface area (Å²) in [4.78, 5) is 23.7. The third-order valence-electron chi connectivity index (χ3n) is 2.86. The fourth-order valence-corrected chi connectivity index (χ4v) is 1.90. The normalized spacial score (nSPS) is 12.0. The zero-order valence-corrected chi connectivity index (χ0v) is 13.1. The van der Waals surface area contributed by atoms with Crippen LogP contribution in [-0.2, 0) is 4.74 Å². The molecule has 9 heteroatoms. The number of hydrogen-bond donors (Lipinski definition) is 1. The Morgan fingerprint density at radius 1 is 1.41 bits per heavy atom. The van der Waals surface area contributed by atoms with Crippen molar-refractivity contribution in [2.24, 2.45) is 0 Å². The molecule has 2 aromatic rings. The zero-order valence-electron chi connectivity index (χ0n) is 12.4. The lowest BCUT2D eigenvalue weighted by Gasteiger charge is -2.14. The van der Waals surface area contributed by atoms with Crippen LogP contribution >= 0.6 is 11.6 Å². The summed E-state index contributed by atoms with van der Waals surface area (Å²) in [5.74, 6) is 0.989. The number of nitrogens with zero attached hydrogens (tertiary/aromatic N) is 5. The first-order valence-corrected chi connectivity index (χ1v) is 7.30. The summed E-state index contributed by atoms with van der Waals surface area (Å²) in [5.41, 5.74) is 0. The maximum absolute atomic E-state index is 11.7. The van der Waals surface area contributed by atoms with E-state index in [0.29, 0.717) is 23.4 Å². The van der Waals surface area contributed by atoms with Gasteiger partial charge >= 0.3 is 6.09 Å². The second-order valence-corrected chi connectivity index (χ2v) is 4.97. The third kappa shape index (κ3) is 4.14. The van der Waals surface area contributed by atoms with E-state index in [1.165, 1.54) is 17.3 Å². The molecule has 1 atom stereocenters. The Bertz CT molecular complexity index is 632. The monoisotopic (exact) mass is 324 g/mol. The molecule has 0 saturated heterocycles. The Labute approximate surface area is 132 Å². The quantitative estimate of drug-likeness (QED) is 0.647. The molecule has 0 aliphatic carbocycles. The predicted octanol–water partition coefficient (Wildman–Crippen LogP) is 2.30. The van der Waals surface area contributed by atoms with Crippen LogP contribution in [0.5, 0.6) is 0 Å². The van der Waals surface area contributed by atoms with Crippen molar-refractivity contribution in [1.82, 2.24) is 30.0 Å². The highest BCUT2D eigenvalue weighted by atomic mass is 35.5. The first-order chi connectivity index (χ1) is 10.6. The van der Waals surface area contributed by atoms with Gasteiger partial charge in [0.25, 0.3) is 0 Å². The van der Waals surface area contributed by atoms with Gasteiger partial charge in [0.15, 0.2) is 11.6 Å². The van der Waals surface area contributed by atoms with Gasteiger partial charge in [-0.3, -0.25) is 0 Å². The minimum atomic E-state index is -0.490. The minimum absolute atomic E-state index is 0.297. The number of rotatable bonds is 6. The number of hydrogen-bond acceptors (Lipinski definition) is 6. The summed E-state index contributed by atoms with van der Waals surface area (Å²) in [5, 5.41) is 7.10. The van der Waals surface area contributed by atoms with Crippen molar-refractivity contribution >= 4 is 17.7 Å². The molecule has 0 unspecified atom stereocenters. The smallest absolute Gasteiger partial charge is 0.407 e. The van der Waals surface area contributed by atoms with Gasteiger partial charge in [0.1, 0.15) is 17.8 Å². The summed E-state index contributed by atoms with van der Waals surface area (Å²) in [6.45, 7) is 4.20. The van der Waals surface area contributed by atoms with E-state index >= 15 is 0 Å². The van der Waals surface area contributed by atoms with Gasteiger partial charge in [0.2, 0.25) is 0 Å². The Morgan fingerprint density at radius 3 is 2.95 bits per heavy atom. The van der Waals surface area contributed by atoms with E-state index in [0.717, 1.165) is 12.8 Å². The van der Waals surface area contributed by atoms with Crippen LogP contribution in [0.1, 0.15) is 38.6 Å². The van der Waals surface area contributed by atoms with Crippen molar-refractivity contribution in [2.45, 2.75) is 32.7 Å². The summed E-state index contributed by atoms with van der Waals surface area (Å²) in [6.07, 6.45) is 4.02. The van der Waals surface area contributed by atoms with E-state index in [4.69, 9.17) is 16.3 Å². The van der Waals surface area contributed by atoms with Gasteiger partial charge in [-0.25, -0.2) is 19.7 Å². The Balaban J connectivity index is 2.07. The van der Waals surface area contributed by atoms with Gasteiger partial charge in [-0.15, -0.1) is 0 Å². The number of nitrogens with one attached hydrogen (secondary N) is 1. The fourth-order valence-electron chi connectivity index (χ4n) is 1.75. The van der Waals surface area contributed by atoms with Gasteiger partial charge in [0, 0.05) is 6.07 Å². The number of aromatic nitrogens is 5. The second-order valence-electron chi connectivity index (χ2n) is 4.58.